The number of nitrogen functional groups attached to an aromatic ring is 1. The highest BCUT2D eigenvalue weighted by Gasteiger charge is 2.22. The Kier molecular flexibility index (Phi) is 5.51. The molecule has 136 valence electrons. The highest BCUT2D eigenvalue weighted by molar-refractivity contribution is 5.94. The van der Waals surface area contributed by atoms with Gasteiger partial charge >= 0.3 is 0 Å². The summed E-state index contributed by atoms with van der Waals surface area (Å²) in [7, 11) is 0. The van der Waals surface area contributed by atoms with Gasteiger partial charge in [0.05, 0.1) is 6.42 Å². The summed E-state index contributed by atoms with van der Waals surface area (Å²) in [6, 6.07) is 12.8. The molecule has 1 fully saturated rings. The number of nitrogens with two attached hydrogens (primary N) is 1. The van der Waals surface area contributed by atoms with E-state index in [0.717, 1.165) is 12.0 Å². The van der Waals surface area contributed by atoms with Gasteiger partial charge in [-0.25, -0.2) is 4.39 Å². The molecule has 1 aliphatic rings. The number of benzene rings is 2. The number of amides is 2. The van der Waals surface area contributed by atoms with Gasteiger partial charge < -0.3 is 15.5 Å². The smallest absolute Gasteiger partial charge is 0.253 e. The van der Waals surface area contributed by atoms with Gasteiger partial charge in [0, 0.05) is 37.4 Å². The van der Waals surface area contributed by atoms with E-state index in [9.17, 15) is 14.0 Å². The summed E-state index contributed by atoms with van der Waals surface area (Å²) in [5.74, 6) is -0.444. The second-order valence-electron chi connectivity index (χ2n) is 6.45. The van der Waals surface area contributed by atoms with Crippen LogP contribution in [0.1, 0.15) is 22.3 Å². The number of anilines is 1. The highest BCUT2D eigenvalue weighted by Crippen LogP contribution is 2.12. The van der Waals surface area contributed by atoms with Gasteiger partial charge in [0.1, 0.15) is 5.82 Å². The Bertz CT molecular complexity index is 775. The molecular formula is C20H22FN3O2. The maximum Gasteiger partial charge on any atom is 0.253 e. The van der Waals surface area contributed by atoms with Gasteiger partial charge in [-0.05, 0) is 48.4 Å². The van der Waals surface area contributed by atoms with Crippen molar-refractivity contribution in [2.24, 2.45) is 0 Å². The molecule has 1 heterocycles. The molecule has 0 atom stereocenters. The van der Waals surface area contributed by atoms with Crippen molar-refractivity contribution in [2.45, 2.75) is 12.8 Å². The average molecular weight is 355 g/mol. The first kappa shape index (κ1) is 17.9. The van der Waals surface area contributed by atoms with E-state index in [4.69, 9.17) is 5.73 Å². The lowest BCUT2D eigenvalue weighted by Crippen LogP contribution is -2.38. The van der Waals surface area contributed by atoms with Crippen molar-refractivity contribution in [2.75, 3.05) is 31.9 Å². The lowest BCUT2D eigenvalue weighted by molar-refractivity contribution is -0.130. The Balaban J connectivity index is 1.58. The van der Waals surface area contributed by atoms with Crippen molar-refractivity contribution in [3.63, 3.8) is 0 Å². The summed E-state index contributed by atoms with van der Waals surface area (Å²) in [5.41, 5.74) is 7.73. The fourth-order valence-electron chi connectivity index (χ4n) is 3.07. The fraction of sp³-hybridized carbons (Fsp3) is 0.300. The quantitative estimate of drug-likeness (QED) is 0.860. The Morgan fingerprint density at radius 3 is 2.19 bits per heavy atom. The van der Waals surface area contributed by atoms with Crippen LogP contribution >= 0.6 is 0 Å². The first-order chi connectivity index (χ1) is 12.5. The molecule has 6 heteroatoms. The lowest BCUT2D eigenvalue weighted by Gasteiger charge is -2.22. The SMILES string of the molecule is Nc1ccc(CC(=O)N2CCCN(C(=O)c3ccc(F)cc3)CC2)cc1. The summed E-state index contributed by atoms with van der Waals surface area (Å²) in [5, 5.41) is 0. The minimum atomic E-state index is -0.364. The van der Waals surface area contributed by atoms with Crippen molar-refractivity contribution in [3.8, 4) is 0 Å². The van der Waals surface area contributed by atoms with Crippen LogP contribution in [0.15, 0.2) is 48.5 Å². The molecule has 0 bridgehead atoms. The maximum atomic E-state index is 13.0. The van der Waals surface area contributed by atoms with E-state index in [-0.39, 0.29) is 17.6 Å². The molecule has 1 saturated heterocycles. The van der Waals surface area contributed by atoms with E-state index in [2.05, 4.69) is 0 Å². The van der Waals surface area contributed by atoms with Crippen LogP contribution in [-0.4, -0.2) is 47.8 Å². The van der Waals surface area contributed by atoms with Crippen LogP contribution < -0.4 is 5.73 Å². The van der Waals surface area contributed by atoms with Crippen LogP contribution in [0.25, 0.3) is 0 Å². The molecule has 0 aromatic heterocycles. The van der Waals surface area contributed by atoms with Crippen LogP contribution in [0.4, 0.5) is 10.1 Å². The van der Waals surface area contributed by atoms with Gasteiger partial charge in [-0.2, -0.15) is 0 Å². The van der Waals surface area contributed by atoms with Crippen molar-refractivity contribution in [1.29, 1.82) is 0 Å². The topological polar surface area (TPSA) is 66.6 Å². The summed E-state index contributed by atoms with van der Waals surface area (Å²) in [6.07, 6.45) is 1.05. The number of carbonyl (C=O) groups excluding carboxylic acids is 2. The third-order valence-electron chi connectivity index (χ3n) is 4.56. The molecule has 26 heavy (non-hydrogen) atoms. The number of rotatable bonds is 3. The summed E-state index contributed by atoms with van der Waals surface area (Å²) >= 11 is 0. The molecule has 0 aliphatic carbocycles. The molecule has 2 aromatic rings. The third kappa shape index (κ3) is 4.39. The van der Waals surface area contributed by atoms with Gasteiger partial charge in [-0.1, -0.05) is 12.1 Å². The Morgan fingerprint density at radius 2 is 1.50 bits per heavy atom. The standard InChI is InChI=1S/C20H22FN3O2/c21-17-6-4-16(5-7-17)20(26)24-11-1-10-23(12-13-24)19(25)14-15-2-8-18(22)9-3-15/h2-9H,1,10-14,22H2. The number of carbonyl (C=O) groups is 2. The minimum Gasteiger partial charge on any atom is -0.399 e. The van der Waals surface area contributed by atoms with Crippen LogP contribution in [0.2, 0.25) is 0 Å². The molecule has 0 saturated carbocycles. The third-order valence-corrected chi connectivity index (χ3v) is 4.56. The van der Waals surface area contributed by atoms with Gasteiger partial charge in [0.25, 0.3) is 5.91 Å². The largest absolute Gasteiger partial charge is 0.399 e. The zero-order valence-corrected chi connectivity index (χ0v) is 14.5. The first-order valence-corrected chi connectivity index (χ1v) is 8.70. The molecule has 0 radical (unpaired) electrons. The summed E-state index contributed by atoms with van der Waals surface area (Å²) < 4.78 is 13.0. The molecule has 0 spiro atoms. The Morgan fingerprint density at radius 1 is 0.885 bits per heavy atom. The van der Waals surface area contributed by atoms with Gasteiger partial charge in [0.15, 0.2) is 0 Å². The second-order valence-corrected chi connectivity index (χ2v) is 6.45. The summed E-state index contributed by atoms with van der Waals surface area (Å²) in [4.78, 5) is 28.6. The van der Waals surface area contributed by atoms with E-state index in [1.807, 2.05) is 12.1 Å². The molecule has 2 amide bonds. The normalized spacial score (nSPS) is 14.8. The Labute approximate surface area is 152 Å². The molecule has 3 rings (SSSR count). The predicted octanol–water partition coefficient (Wildman–Crippen LogP) is 2.33. The number of hydrogen-bond donors (Lipinski definition) is 1. The molecular weight excluding hydrogens is 333 g/mol. The van der Waals surface area contributed by atoms with Crippen LogP contribution in [0.3, 0.4) is 0 Å². The minimum absolute atomic E-state index is 0.0471. The number of halogens is 1. The van der Waals surface area contributed by atoms with E-state index in [1.165, 1.54) is 24.3 Å². The fourth-order valence-corrected chi connectivity index (χ4v) is 3.07. The van der Waals surface area contributed by atoms with Crippen LogP contribution in [0, 0.1) is 5.82 Å². The van der Waals surface area contributed by atoms with Crippen molar-refractivity contribution in [1.82, 2.24) is 9.80 Å². The van der Waals surface area contributed by atoms with E-state index >= 15 is 0 Å². The van der Waals surface area contributed by atoms with Gasteiger partial charge in [-0.15, -0.1) is 0 Å². The molecule has 0 unspecified atom stereocenters. The van der Waals surface area contributed by atoms with E-state index in [1.54, 1.807) is 21.9 Å². The zero-order chi connectivity index (χ0) is 18.5. The van der Waals surface area contributed by atoms with Crippen LogP contribution in [0.5, 0.6) is 0 Å². The number of hydrogen-bond acceptors (Lipinski definition) is 3. The number of nitrogens with zero attached hydrogens (tertiary/aromatic N) is 2. The van der Waals surface area contributed by atoms with Gasteiger partial charge in [0.2, 0.25) is 5.91 Å². The second kappa shape index (κ2) is 7.99. The zero-order valence-electron chi connectivity index (χ0n) is 14.5. The van der Waals surface area contributed by atoms with Crippen molar-refractivity contribution >= 4 is 17.5 Å². The first-order valence-electron chi connectivity index (χ1n) is 8.70. The summed E-state index contributed by atoms with van der Waals surface area (Å²) in [6.45, 7) is 2.19. The maximum absolute atomic E-state index is 13.0. The Hall–Kier alpha value is -2.89. The average Bonchev–Trinajstić information content (AvgIpc) is 2.90. The molecule has 2 aromatic carbocycles. The monoisotopic (exact) mass is 355 g/mol. The highest BCUT2D eigenvalue weighted by atomic mass is 19.1. The molecule has 5 nitrogen and oxygen atoms in total. The van der Waals surface area contributed by atoms with Crippen molar-refractivity contribution < 1.29 is 14.0 Å². The van der Waals surface area contributed by atoms with E-state index in [0.29, 0.717) is 43.9 Å². The van der Waals surface area contributed by atoms with Crippen molar-refractivity contribution in [3.05, 3.63) is 65.5 Å². The van der Waals surface area contributed by atoms with Gasteiger partial charge in [-0.3, -0.25) is 9.59 Å². The van der Waals surface area contributed by atoms with Crippen LogP contribution in [-0.2, 0) is 11.2 Å². The predicted molar refractivity (Wildman–Crippen MR) is 98.1 cm³/mol. The van der Waals surface area contributed by atoms with E-state index < -0.39 is 0 Å². The lowest BCUT2D eigenvalue weighted by atomic mass is 10.1. The molecule has 1 aliphatic heterocycles. The molecule has 2 N–H and O–H groups in total.